The molecule has 1 aliphatic rings. The summed E-state index contributed by atoms with van der Waals surface area (Å²) < 4.78 is 34.5. The van der Waals surface area contributed by atoms with Crippen molar-refractivity contribution >= 4 is 20.8 Å². The van der Waals surface area contributed by atoms with Crippen molar-refractivity contribution in [2.45, 2.75) is 18.2 Å². The molecule has 0 unspecified atom stereocenters. The number of aromatic nitrogens is 1. The van der Waals surface area contributed by atoms with Gasteiger partial charge in [-0.15, -0.1) is 0 Å². The second-order valence-corrected chi connectivity index (χ2v) is 8.82. The first-order valence-corrected chi connectivity index (χ1v) is 10.8. The Morgan fingerprint density at radius 1 is 1.07 bits per heavy atom. The zero-order valence-corrected chi connectivity index (χ0v) is 16.6. The average molecular weight is 398 g/mol. The van der Waals surface area contributed by atoms with Crippen LogP contribution in [0.1, 0.15) is 12.0 Å². The summed E-state index contributed by atoms with van der Waals surface area (Å²) in [5, 5.41) is 4.55. The van der Waals surface area contributed by atoms with Gasteiger partial charge in [0.25, 0.3) is 0 Å². The molecule has 3 aromatic rings. The van der Waals surface area contributed by atoms with Crippen LogP contribution in [0.3, 0.4) is 0 Å². The second-order valence-electron chi connectivity index (χ2n) is 6.92. The number of ether oxygens (including phenoxy) is 1. The minimum atomic E-state index is -3.65. The number of hydrogen-bond acceptors (Lipinski definition) is 5. The molecule has 2 heterocycles. The number of benzene rings is 2. The Morgan fingerprint density at radius 3 is 2.79 bits per heavy atom. The van der Waals surface area contributed by atoms with Crippen LogP contribution >= 0.6 is 0 Å². The normalized spacial score (nSPS) is 16.0. The van der Waals surface area contributed by atoms with Gasteiger partial charge in [0.2, 0.25) is 10.0 Å². The SMILES string of the molecule is Cc1cccc(Oc2cncc3cccc(S(=O)(=O)N4CCCNCC4)c23)c1. The lowest BCUT2D eigenvalue weighted by Gasteiger charge is -2.21. The van der Waals surface area contributed by atoms with Crippen molar-refractivity contribution in [1.29, 1.82) is 0 Å². The summed E-state index contributed by atoms with van der Waals surface area (Å²) in [7, 11) is -3.65. The van der Waals surface area contributed by atoms with Crippen molar-refractivity contribution in [3.05, 3.63) is 60.4 Å². The summed E-state index contributed by atoms with van der Waals surface area (Å²) >= 11 is 0. The fourth-order valence-corrected chi connectivity index (χ4v) is 5.17. The molecule has 0 aliphatic carbocycles. The van der Waals surface area contributed by atoms with Crippen molar-refractivity contribution in [3.63, 3.8) is 0 Å². The molecule has 28 heavy (non-hydrogen) atoms. The molecule has 0 bridgehead atoms. The van der Waals surface area contributed by atoms with Crippen LogP contribution < -0.4 is 10.1 Å². The van der Waals surface area contributed by atoms with Crippen molar-refractivity contribution in [2.24, 2.45) is 0 Å². The number of nitrogens with zero attached hydrogens (tertiary/aromatic N) is 2. The number of hydrogen-bond donors (Lipinski definition) is 1. The standard InChI is InChI=1S/C21H23N3O3S/c1-16-5-2-7-18(13-16)27-19-15-23-14-17-6-3-8-20(21(17)19)28(25,26)24-11-4-9-22-10-12-24/h2-3,5-8,13-15,22H,4,9-12H2,1H3. The van der Waals surface area contributed by atoms with E-state index in [2.05, 4.69) is 10.3 Å². The number of fused-ring (bicyclic) bond motifs is 1. The molecule has 146 valence electrons. The third kappa shape index (κ3) is 3.73. The first-order valence-electron chi connectivity index (χ1n) is 9.38. The first-order chi connectivity index (χ1) is 13.6. The topological polar surface area (TPSA) is 71.5 Å². The van der Waals surface area contributed by atoms with E-state index in [1.54, 1.807) is 28.8 Å². The lowest BCUT2D eigenvalue weighted by atomic mass is 10.1. The van der Waals surface area contributed by atoms with Gasteiger partial charge in [-0.05, 0) is 43.7 Å². The van der Waals surface area contributed by atoms with Crippen LogP contribution in [0, 0.1) is 6.92 Å². The van der Waals surface area contributed by atoms with Gasteiger partial charge < -0.3 is 10.1 Å². The smallest absolute Gasteiger partial charge is 0.243 e. The van der Waals surface area contributed by atoms with E-state index in [4.69, 9.17) is 4.74 Å². The van der Waals surface area contributed by atoms with Crippen molar-refractivity contribution in [1.82, 2.24) is 14.6 Å². The van der Waals surface area contributed by atoms with E-state index in [1.165, 1.54) is 0 Å². The molecule has 4 rings (SSSR count). The van der Waals surface area contributed by atoms with Crippen LogP contribution in [0.2, 0.25) is 0 Å². The Labute approximate surface area is 165 Å². The maximum absolute atomic E-state index is 13.4. The van der Waals surface area contributed by atoms with E-state index >= 15 is 0 Å². The molecular weight excluding hydrogens is 374 g/mol. The van der Waals surface area contributed by atoms with Crippen LogP contribution in [0.15, 0.2) is 59.8 Å². The molecule has 1 aromatic heterocycles. The number of sulfonamides is 1. The molecule has 1 fully saturated rings. The van der Waals surface area contributed by atoms with E-state index in [0.29, 0.717) is 36.5 Å². The van der Waals surface area contributed by atoms with Gasteiger partial charge >= 0.3 is 0 Å². The molecule has 0 atom stereocenters. The predicted octanol–water partition coefficient (Wildman–Crippen LogP) is 3.32. The van der Waals surface area contributed by atoms with Crippen molar-refractivity contribution < 1.29 is 13.2 Å². The fourth-order valence-electron chi connectivity index (χ4n) is 3.47. The quantitative estimate of drug-likeness (QED) is 0.731. The summed E-state index contributed by atoms with van der Waals surface area (Å²) in [4.78, 5) is 4.50. The summed E-state index contributed by atoms with van der Waals surface area (Å²) in [5.74, 6) is 1.09. The van der Waals surface area contributed by atoms with Crippen LogP contribution in [0.25, 0.3) is 10.8 Å². The average Bonchev–Trinajstić information content (AvgIpc) is 2.98. The molecular formula is C21H23N3O3S. The maximum atomic E-state index is 13.4. The molecule has 7 heteroatoms. The number of pyridine rings is 1. The minimum Gasteiger partial charge on any atom is -0.455 e. The van der Waals surface area contributed by atoms with Gasteiger partial charge in [0.05, 0.1) is 11.1 Å². The van der Waals surface area contributed by atoms with Gasteiger partial charge in [-0.25, -0.2) is 8.42 Å². The number of rotatable bonds is 4. The van der Waals surface area contributed by atoms with Gasteiger partial charge in [-0.1, -0.05) is 24.3 Å². The molecule has 0 amide bonds. The number of nitrogens with one attached hydrogen (secondary N) is 1. The van der Waals surface area contributed by atoms with E-state index in [-0.39, 0.29) is 4.90 Å². The highest BCUT2D eigenvalue weighted by atomic mass is 32.2. The number of aryl methyl sites for hydroxylation is 1. The molecule has 6 nitrogen and oxygen atoms in total. The third-order valence-corrected chi connectivity index (χ3v) is 6.79. The summed E-state index contributed by atoms with van der Waals surface area (Å²) in [6.07, 6.45) is 4.04. The predicted molar refractivity (Wildman–Crippen MR) is 109 cm³/mol. The second kappa shape index (κ2) is 7.87. The van der Waals surface area contributed by atoms with E-state index in [9.17, 15) is 8.42 Å². The molecule has 0 spiro atoms. The van der Waals surface area contributed by atoms with E-state index in [1.807, 2.05) is 37.3 Å². The molecule has 0 radical (unpaired) electrons. The van der Waals surface area contributed by atoms with Gasteiger partial charge in [-0.3, -0.25) is 4.98 Å². The molecule has 2 aromatic carbocycles. The Hall–Kier alpha value is -2.48. The van der Waals surface area contributed by atoms with Crippen LogP contribution in [-0.2, 0) is 10.0 Å². The van der Waals surface area contributed by atoms with Gasteiger partial charge in [-0.2, -0.15) is 4.31 Å². The van der Waals surface area contributed by atoms with E-state index in [0.717, 1.165) is 23.9 Å². The van der Waals surface area contributed by atoms with Crippen LogP contribution in [0.5, 0.6) is 11.5 Å². The lowest BCUT2D eigenvalue weighted by Crippen LogP contribution is -2.34. The minimum absolute atomic E-state index is 0.261. The van der Waals surface area contributed by atoms with Gasteiger partial charge in [0.1, 0.15) is 5.75 Å². The summed E-state index contributed by atoms with van der Waals surface area (Å²) in [6, 6.07) is 12.9. The highest BCUT2D eigenvalue weighted by molar-refractivity contribution is 7.89. The molecule has 0 saturated carbocycles. The highest BCUT2D eigenvalue weighted by Gasteiger charge is 2.28. The van der Waals surface area contributed by atoms with Crippen molar-refractivity contribution in [2.75, 3.05) is 26.2 Å². The van der Waals surface area contributed by atoms with Gasteiger partial charge in [0.15, 0.2) is 5.75 Å². The zero-order chi connectivity index (χ0) is 19.6. The van der Waals surface area contributed by atoms with E-state index < -0.39 is 10.0 Å². The Bertz CT molecular complexity index is 1090. The van der Waals surface area contributed by atoms with Crippen LogP contribution in [-0.4, -0.2) is 43.9 Å². The largest absolute Gasteiger partial charge is 0.455 e. The summed E-state index contributed by atoms with van der Waals surface area (Å²) in [5.41, 5.74) is 1.07. The lowest BCUT2D eigenvalue weighted by molar-refractivity contribution is 0.432. The zero-order valence-electron chi connectivity index (χ0n) is 15.8. The Kier molecular flexibility index (Phi) is 5.30. The highest BCUT2D eigenvalue weighted by Crippen LogP contribution is 2.35. The Morgan fingerprint density at radius 2 is 1.93 bits per heavy atom. The van der Waals surface area contributed by atoms with Crippen molar-refractivity contribution in [3.8, 4) is 11.5 Å². The monoisotopic (exact) mass is 397 g/mol. The third-order valence-electron chi connectivity index (χ3n) is 4.84. The molecule has 1 saturated heterocycles. The van der Waals surface area contributed by atoms with Crippen LogP contribution in [0.4, 0.5) is 0 Å². The fraction of sp³-hybridized carbons (Fsp3) is 0.286. The molecule has 1 N–H and O–H groups in total. The molecule has 1 aliphatic heterocycles. The summed E-state index contributed by atoms with van der Waals surface area (Å²) in [6.45, 7) is 4.42. The maximum Gasteiger partial charge on any atom is 0.243 e. The van der Waals surface area contributed by atoms with Gasteiger partial charge in [0, 0.05) is 36.6 Å². The first kappa shape index (κ1) is 18.9. The Balaban J connectivity index is 1.83.